The molecule has 1 saturated carbocycles. The maximum atomic E-state index is 13.7. The van der Waals surface area contributed by atoms with Crippen LogP contribution in [-0.4, -0.2) is 22.8 Å². The lowest BCUT2D eigenvalue weighted by atomic mass is 9.77. The number of aryl methyl sites for hydroxylation is 1. The molecule has 0 spiro atoms. The van der Waals surface area contributed by atoms with Crippen LogP contribution in [0.3, 0.4) is 0 Å². The highest BCUT2D eigenvalue weighted by atomic mass is 16.5. The molecule has 31 heavy (non-hydrogen) atoms. The predicted octanol–water partition coefficient (Wildman–Crippen LogP) is 5.01. The number of carbonyl (C=O) groups excluding carboxylic acids is 2. The van der Waals surface area contributed by atoms with Crippen molar-refractivity contribution in [3.05, 3.63) is 70.6 Å². The average Bonchev–Trinajstić information content (AvgIpc) is 3.06. The third kappa shape index (κ3) is 3.27. The molecule has 3 atom stereocenters. The molecule has 3 heterocycles. The zero-order valence-electron chi connectivity index (χ0n) is 18.3. The minimum Gasteiger partial charge on any atom is -0.483 e. The first-order valence-electron chi connectivity index (χ1n) is 11.3. The van der Waals surface area contributed by atoms with Gasteiger partial charge in [-0.05, 0) is 60.9 Å². The molecule has 0 radical (unpaired) electrons. The summed E-state index contributed by atoms with van der Waals surface area (Å²) >= 11 is 0. The molecule has 5 rings (SSSR count). The first kappa shape index (κ1) is 20.0. The van der Waals surface area contributed by atoms with Crippen LogP contribution >= 0.6 is 0 Å². The van der Waals surface area contributed by atoms with E-state index in [1.165, 1.54) is 5.56 Å². The SMILES string of the molecule is Cc1ccnc(N2C(=O)C3=C(C(=O)C4CCCCC4O3)C2c2ccc(C(C)C)cc2)c1. The second kappa shape index (κ2) is 7.63. The van der Waals surface area contributed by atoms with Crippen LogP contribution in [-0.2, 0) is 14.3 Å². The van der Waals surface area contributed by atoms with Crippen LogP contribution in [0, 0.1) is 12.8 Å². The smallest absolute Gasteiger partial charge is 0.295 e. The molecule has 1 aromatic heterocycles. The summed E-state index contributed by atoms with van der Waals surface area (Å²) in [5.41, 5.74) is 3.66. The van der Waals surface area contributed by atoms with Crippen LogP contribution in [0.5, 0.6) is 0 Å². The fourth-order valence-corrected chi connectivity index (χ4v) is 5.11. The average molecular weight is 417 g/mol. The molecule has 1 aromatic carbocycles. The lowest BCUT2D eigenvalue weighted by Gasteiger charge is -2.35. The fourth-order valence-electron chi connectivity index (χ4n) is 5.11. The van der Waals surface area contributed by atoms with Gasteiger partial charge in [0.1, 0.15) is 11.9 Å². The van der Waals surface area contributed by atoms with E-state index < -0.39 is 6.04 Å². The number of anilines is 1. The van der Waals surface area contributed by atoms with Crippen molar-refractivity contribution in [2.24, 2.45) is 5.92 Å². The highest BCUT2D eigenvalue weighted by Crippen LogP contribution is 2.48. The Balaban J connectivity index is 1.64. The maximum absolute atomic E-state index is 13.7. The van der Waals surface area contributed by atoms with Crippen LogP contribution in [0.25, 0.3) is 0 Å². The van der Waals surface area contributed by atoms with Gasteiger partial charge in [0.25, 0.3) is 5.91 Å². The number of rotatable bonds is 3. The Labute approximate surface area is 183 Å². The number of aromatic nitrogens is 1. The molecule has 1 amide bonds. The van der Waals surface area contributed by atoms with Crippen molar-refractivity contribution in [3.63, 3.8) is 0 Å². The van der Waals surface area contributed by atoms with Crippen molar-refractivity contribution in [1.29, 1.82) is 0 Å². The van der Waals surface area contributed by atoms with Crippen LogP contribution in [0.15, 0.2) is 53.9 Å². The number of pyridine rings is 1. The van der Waals surface area contributed by atoms with Crippen molar-refractivity contribution in [3.8, 4) is 0 Å². The fraction of sp³-hybridized carbons (Fsp3) is 0.423. The van der Waals surface area contributed by atoms with E-state index in [4.69, 9.17) is 4.74 Å². The van der Waals surface area contributed by atoms with Crippen molar-refractivity contribution in [2.45, 2.75) is 64.5 Å². The Morgan fingerprint density at radius 1 is 1.06 bits per heavy atom. The molecular weight excluding hydrogens is 388 g/mol. The zero-order chi connectivity index (χ0) is 21.7. The van der Waals surface area contributed by atoms with Crippen molar-refractivity contribution in [1.82, 2.24) is 4.98 Å². The number of nitrogens with zero attached hydrogens (tertiary/aromatic N) is 2. The summed E-state index contributed by atoms with van der Waals surface area (Å²) in [6.07, 6.45) is 5.25. The first-order valence-corrected chi connectivity index (χ1v) is 11.3. The second-order valence-electron chi connectivity index (χ2n) is 9.24. The highest BCUT2D eigenvalue weighted by molar-refractivity contribution is 6.17. The Kier molecular flexibility index (Phi) is 4.92. The first-order chi connectivity index (χ1) is 15.0. The molecule has 160 valence electrons. The van der Waals surface area contributed by atoms with Gasteiger partial charge in [-0.3, -0.25) is 14.5 Å². The molecule has 1 aliphatic carbocycles. The van der Waals surface area contributed by atoms with Gasteiger partial charge in [-0.2, -0.15) is 0 Å². The summed E-state index contributed by atoms with van der Waals surface area (Å²) in [5.74, 6) is 0.858. The van der Waals surface area contributed by atoms with Crippen molar-refractivity contribution < 1.29 is 14.3 Å². The molecule has 3 unspecified atom stereocenters. The third-order valence-electron chi connectivity index (χ3n) is 6.83. The number of benzene rings is 1. The van der Waals surface area contributed by atoms with Crippen LogP contribution in [0.4, 0.5) is 5.82 Å². The topological polar surface area (TPSA) is 59.5 Å². The number of carbonyl (C=O) groups is 2. The number of hydrogen-bond acceptors (Lipinski definition) is 4. The number of ketones is 1. The molecule has 5 nitrogen and oxygen atoms in total. The Hall–Kier alpha value is -2.95. The van der Waals surface area contributed by atoms with E-state index in [-0.39, 0.29) is 29.5 Å². The van der Waals surface area contributed by atoms with Gasteiger partial charge in [0.05, 0.1) is 17.5 Å². The van der Waals surface area contributed by atoms with E-state index in [2.05, 4.69) is 31.0 Å². The molecular formula is C26H28N2O3. The normalized spacial score (nSPS) is 25.5. The summed E-state index contributed by atoms with van der Waals surface area (Å²) < 4.78 is 6.23. The Morgan fingerprint density at radius 3 is 2.52 bits per heavy atom. The van der Waals surface area contributed by atoms with E-state index in [1.54, 1.807) is 11.1 Å². The van der Waals surface area contributed by atoms with Crippen LogP contribution in [0.2, 0.25) is 0 Å². The number of fused-ring (bicyclic) bond motifs is 1. The van der Waals surface area contributed by atoms with Gasteiger partial charge >= 0.3 is 0 Å². The molecule has 3 aliphatic rings. The highest BCUT2D eigenvalue weighted by Gasteiger charge is 2.52. The zero-order valence-corrected chi connectivity index (χ0v) is 18.3. The van der Waals surface area contributed by atoms with E-state index in [0.29, 0.717) is 17.3 Å². The van der Waals surface area contributed by atoms with Crippen molar-refractivity contribution >= 4 is 17.5 Å². The van der Waals surface area contributed by atoms with Gasteiger partial charge in [-0.15, -0.1) is 0 Å². The van der Waals surface area contributed by atoms with Gasteiger partial charge in [-0.25, -0.2) is 4.98 Å². The predicted molar refractivity (Wildman–Crippen MR) is 119 cm³/mol. The standard InChI is InChI=1S/C26H28N2O3/c1-15(2)17-8-10-18(11-9-17)23-22-24(29)19-6-4-5-7-20(19)31-25(22)26(30)28(23)21-14-16(3)12-13-27-21/h8-15,19-20,23H,4-7H2,1-3H3. The summed E-state index contributed by atoms with van der Waals surface area (Å²) in [7, 11) is 0. The van der Waals surface area contributed by atoms with E-state index >= 15 is 0 Å². The molecule has 0 bridgehead atoms. The molecule has 0 N–H and O–H groups in total. The minimum absolute atomic E-state index is 0.0763. The summed E-state index contributed by atoms with van der Waals surface area (Å²) in [6.45, 7) is 6.28. The Morgan fingerprint density at radius 2 is 1.81 bits per heavy atom. The van der Waals surface area contributed by atoms with Gasteiger partial charge in [0.2, 0.25) is 0 Å². The van der Waals surface area contributed by atoms with E-state index in [1.807, 2.05) is 31.2 Å². The number of Topliss-reactive ketones (excluding diaryl/α,β-unsaturated/α-hetero) is 1. The number of hydrogen-bond donors (Lipinski definition) is 0. The van der Waals surface area contributed by atoms with E-state index in [0.717, 1.165) is 36.8 Å². The number of ether oxygens (including phenoxy) is 1. The third-order valence-corrected chi connectivity index (χ3v) is 6.83. The van der Waals surface area contributed by atoms with Crippen LogP contribution in [0.1, 0.15) is 68.2 Å². The van der Waals surface area contributed by atoms with Crippen molar-refractivity contribution in [2.75, 3.05) is 4.90 Å². The lowest BCUT2D eigenvalue weighted by molar-refractivity contribution is -0.131. The maximum Gasteiger partial charge on any atom is 0.295 e. The number of amides is 1. The lowest BCUT2D eigenvalue weighted by Crippen LogP contribution is -2.39. The summed E-state index contributed by atoms with van der Waals surface area (Å²) in [5, 5.41) is 0. The Bertz CT molecular complexity index is 1070. The molecule has 2 aromatic rings. The van der Waals surface area contributed by atoms with Gasteiger partial charge in [0.15, 0.2) is 11.5 Å². The molecule has 5 heteroatoms. The van der Waals surface area contributed by atoms with Gasteiger partial charge < -0.3 is 4.74 Å². The molecule has 1 fully saturated rings. The minimum atomic E-state index is -0.506. The van der Waals surface area contributed by atoms with Gasteiger partial charge in [-0.1, -0.05) is 44.5 Å². The molecule has 0 saturated heterocycles. The van der Waals surface area contributed by atoms with E-state index in [9.17, 15) is 9.59 Å². The monoisotopic (exact) mass is 416 g/mol. The van der Waals surface area contributed by atoms with Gasteiger partial charge in [0, 0.05) is 6.20 Å². The second-order valence-corrected chi connectivity index (χ2v) is 9.24. The molecule has 2 aliphatic heterocycles. The largest absolute Gasteiger partial charge is 0.483 e. The summed E-state index contributed by atoms with van der Waals surface area (Å²) in [6, 6.07) is 11.5. The van der Waals surface area contributed by atoms with Crippen LogP contribution < -0.4 is 4.90 Å². The quantitative estimate of drug-likeness (QED) is 0.705. The summed E-state index contributed by atoms with van der Waals surface area (Å²) in [4.78, 5) is 33.4.